The number of hydrogen-bond donors (Lipinski definition) is 1. The average Bonchev–Trinajstić information content (AvgIpc) is 2.45. The molecule has 2 heterocycles. The van der Waals surface area contributed by atoms with Crippen molar-refractivity contribution >= 4 is 11.6 Å². The van der Waals surface area contributed by atoms with Crippen LogP contribution in [0.5, 0.6) is 0 Å². The summed E-state index contributed by atoms with van der Waals surface area (Å²) in [5.74, 6) is 4.49. The molecule has 4 heteroatoms. The van der Waals surface area contributed by atoms with Gasteiger partial charge in [-0.1, -0.05) is 20.8 Å². The van der Waals surface area contributed by atoms with Crippen molar-refractivity contribution in [1.82, 2.24) is 9.97 Å². The highest BCUT2D eigenvalue weighted by atomic mass is 15.2. The van der Waals surface area contributed by atoms with E-state index in [0.717, 1.165) is 42.9 Å². The first kappa shape index (κ1) is 16.1. The van der Waals surface area contributed by atoms with Crippen LogP contribution in [0.2, 0.25) is 0 Å². The van der Waals surface area contributed by atoms with E-state index >= 15 is 0 Å². The van der Waals surface area contributed by atoms with E-state index in [9.17, 15) is 0 Å². The van der Waals surface area contributed by atoms with Gasteiger partial charge in [-0.2, -0.15) is 0 Å². The van der Waals surface area contributed by atoms with Crippen LogP contribution < -0.4 is 10.2 Å². The first-order chi connectivity index (χ1) is 9.97. The van der Waals surface area contributed by atoms with Crippen LogP contribution in [-0.4, -0.2) is 29.1 Å². The molecule has 1 fully saturated rings. The Kier molecular flexibility index (Phi) is 5.07. The van der Waals surface area contributed by atoms with Crippen molar-refractivity contribution in [2.45, 2.75) is 60.4 Å². The molecule has 1 N–H and O–H groups in total. The molecule has 2 rings (SSSR count). The fourth-order valence-electron chi connectivity index (χ4n) is 3.32. The molecule has 118 valence electrons. The van der Waals surface area contributed by atoms with E-state index in [-0.39, 0.29) is 0 Å². The summed E-state index contributed by atoms with van der Waals surface area (Å²) < 4.78 is 0. The fourth-order valence-corrected chi connectivity index (χ4v) is 3.32. The first-order valence-corrected chi connectivity index (χ1v) is 8.35. The summed E-state index contributed by atoms with van der Waals surface area (Å²) >= 11 is 0. The predicted molar refractivity (Wildman–Crippen MR) is 90.1 cm³/mol. The lowest BCUT2D eigenvalue weighted by molar-refractivity contribution is 0.295. The van der Waals surface area contributed by atoms with Crippen molar-refractivity contribution < 1.29 is 0 Å². The van der Waals surface area contributed by atoms with E-state index in [2.05, 4.69) is 56.7 Å². The molecule has 21 heavy (non-hydrogen) atoms. The largest absolute Gasteiger partial charge is 0.370 e. The number of nitrogens with zero attached hydrogens (tertiary/aromatic N) is 3. The zero-order valence-electron chi connectivity index (χ0n) is 14.4. The summed E-state index contributed by atoms with van der Waals surface area (Å²) in [6.45, 7) is 15.4. The van der Waals surface area contributed by atoms with Crippen LogP contribution in [0, 0.1) is 18.8 Å². The van der Waals surface area contributed by atoms with Crippen LogP contribution in [0.15, 0.2) is 0 Å². The van der Waals surface area contributed by atoms with Gasteiger partial charge in [0.05, 0.1) is 0 Å². The second kappa shape index (κ2) is 6.63. The van der Waals surface area contributed by atoms with Gasteiger partial charge in [0.2, 0.25) is 0 Å². The third kappa shape index (κ3) is 3.30. The Morgan fingerprint density at radius 1 is 1.19 bits per heavy atom. The molecular formula is C17H30N4. The van der Waals surface area contributed by atoms with Gasteiger partial charge >= 0.3 is 0 Å². The molecule has 1 aliphatic heterocycles. The van der Waals surface area contributed by atoms with Crippen LogP contribution >= 0.6 is 0 Å². The maximum absolute atomic E-state index is 4.85. The van der Waals surface area contributed by atoms with Crippen molar-refractivity contribution in [2.24, 2.45) is 11.8 Å². The van der Waals surface area contributed by atoms with Crippen molar-refractivity contribution in [1.29, 1.82) is 0 Å². The zero-order valence-corrected chi connectivity index (χ0v) is 14.4. The molecule has 0 amide bonds. The van der Waals surface area contributed by atoms with E-state index in [1.54, 1.807) is 0 Å². The Morgan fingerprint density at radius 2 is 1.90 bits per heavy atom. The Morgan fingerprint density at radius 3 is 2.52 bits per heavy atom. The van der Waals surface area contributed by atoms with Crippen LogP contribution in [0.4, 0.5) is 11.6 Å². The molecule has 1 aromatic rings. The maximum Gasteiger partial charge on any atom is 0.137 e. The number of rotatable bonds is 4. The molecular weight excluding hydrogens is 260 g/mol. The van der Waals surface area contributed by atoms with E-state index < -0.39 is 0 Å². The Bertz CT molecular complexity index is 486. The van der Waals surface area contributed by atoms with Gasteiger partial charge in [0, 0.05) is 31.1 Å². The Hall–Kier alpha value is -1.32. The number of aryl methyl sites for hydroxylation is 1. The molecule has 0 aliphatic carbocycles. The number of aromatic nitrogens is 2. The van der Waals surface area contributed by atoms with Crippen molar-refractivity contribution in [3.05, 3.63) is 11.4 Å². The van der Waals surface area contributed by atoms with Crippen LogP contribution in [0.25, 0.3) is 0 Å². The maximum atomic E-state index is 4.85. The molecule has 4 nitrogen and oxygen atoms in total. The minimum atomic E-state index is 0.536. The van der Waals surface area contributed by atoms with Crippen LogP contribution in [0.3, 0.4) is 0 Å². The summed E-state index contributed by atoms with van der Waals surface area (Å²) in [6, 6.07) is 0.536. The smallest absolute Gasteiger partial charge is 0.137 e. The Labute approximate surface area is 129 Å². The van der Waals surface area contributed by atoms with Gasteiger partial charge in [0.25, 0.3) is 0 Å². The van der Waals surface area contributed by atoms with Gasteiger partial charge in [-0.15, -0.1) is 0 Å². The lowest BCUT2D eigenvalue weighted by atomic mass is 9.86. The van der Waals surface area contributed by atoms with Crippen LogP contribution in [0.1, 0.15) is 52.4 Å². The minimum Gasteiger partial charge on any atom is -0.370 e. The first-order valence-electron chi connectivity index (χ1n) is 8.35. The van der Waals surface area contributed by atoms with E-state index in [1.165, 1.54) is 12.0 Å². The Balaban J connectivity index is 2.43. The number of anilines is 2. The van der Waals surface area contributed by atoms with Gasteiger partial charge in [-0.3, -0.25) is 0 Å². The summed E-state index contributed by atoms with van der Waals surface area (Å²) in [7, 11) is 0. The summed E-state index contributed by atoms with van der Waals surface area (Å²) in [4.78, 5) is 12.0. The minimum absolute atomic E-state index is 0.536. The van der Waals surface area contributed by atoms with E-state index in [0.29, 0.717) is 12.0 Å². The van der Waals surface area contributed by atoms with Crippen molar-refractivity contribution in [3.8, 4) is 0 Å². The average molecular weight is 290 g/mol. The van der Waals surface area contributed by atoms with Gasteiger partial charge in [-0.25, -0.2) is 9.97 Å². The number of nitrogens with one attached hydrogen (secondary N) is 1. The quantitative estimate of drug-likeness (QED) is 0.919. The number of hydrogen-bond acceptors (Lipinski definition) is 4. The monoisotopic (exact) mass is 290 g/mol. The molecule has 0 spiro atoms. The molecule has 1 aromatic heterocycles. The zero-order chi connectivity index (χ0) is 15.6. The molecule has 0 radical (unpaired) electrons. The van der Waals surface area contributed by atoms with E-state index in [1.807, 2.05) is 0 Å². The summed E-state index contributed by atoms with van der Waals surface area (Å²) in [5.41, 5.74) is 1.18. The molecule has 3 atom stereocenters. The van der Waals surface area contributed by atoms with Gasteiger partial charge in [0.15, 0.2) is 0 Å². The number of piperidine rings is 1. The van der Waals surface area contributed by atoms with Crippen LogP contribution in [-0.2, 0) is 6.42 Å². The van der Waals surface area contributed by atoms with Gasteiger partial charge in [-0.05, 0) is 39.0 Å². The van der Waals surface area contributed by atoms with Gasteiger partial charge < -0.3 is 10.2 Å². The second-order valence-corrected chi connectivity index (χ2v) is 6.53. The second-order valence-electron chi connectivity index (χ2n) is 6.53. The lowest BCUT2D eigenvalue weighted by Gasteiger charge is -2.42. The van der Waals surface area contributed by atoms with Crippen molar-refractivity contribution in [2.75, 3.05) is 23.3 Å². The molecule has 0 saturated carbocycles. The standard InChI is InChI=1S/C17H30N4/c1-7-15-19-16(18-8-2)13(5)17(20-15)21-10-11(3)9-12(4)14(21)6/h11-12,14H,7-10H2,1-6H3,(H,18,19,20). The van der Waals surface area contributed by atoms with Gasteiger partial charge in [0.1, 0.15) is 17.5 Å². The van der Waals surface area contributed by atoms with Crippen molar-refractivity contribution in [3.63, 3.8) is 0 Å². The molecule has 0 aromatic carbocycles. The third-order valence-corrected chi connectivity index (χ3v) is 4.70. The predicted octanol–water partition coefficient (Wildman–Crippen LogP) is 3.65. The molecule has 1 saturated heterocycles. The summed E-state index contributed by atoms with van der Waals surface area (Å²) in [5, 5.41) is 3.39. The topological polar surface area (TPSA) is 41.1 Å². The molecule has 0 bridgehead atoms. The lowest BCUT2D eigenvalue weighted by Crippen LogP contribution is -2.46. The SMILES string of the molecule is CCNc1nc(CC)nc(N2CC(C)CC(C)C2C)c1C. The molecule has 1 aliphatic rings. The highest BCUT2D eigenvalue weighted by Gasteiger charge is 2.31. The summed E-state index contributed by atoms with van der Waals surface area (Å²) in [6.07, 6.45) is 2.18. The third-order valence-electron chi connectivity index (χ3n) is 4.70. The highest BCUT2D eigenvalue weighted by Crippen LogP contribution is 2.33. The highest BCUT2D eigenvalue weighted by molar-refractivity contribution is 5.59. The fraction of sp³-hybridized carbons (Fsp3) is 0.765. The van der Waals surface area contributed by atoms with E-state index in [4.69, 9.17) is 4.98 Å². The molecule has 3 unspecified atom stereocenters. The normalized spacial score (nSPS) is 26.0.